The summed E-state index contributed by atoms with van der Waals surface area (Å²) in [7, 11) is 0. The Morgan fingerprint density at radius 1 is 1.62 bits per heavy atom. The number of aliphatic hydroxyl groups is 1. The average Bonchev–Trinajstić information content (AvgIpc) is 2.45. The molecule has 2 rings (SSSR count). The molecule has 1 N–H and O–H groups in total. The van der Waals surface area contributed by atoms with Gasteiger partial charge in [0.15, 0.2) is 0 Å². The van der Waals surface area contributed by atoms with Crippen LogP contribution >= 0.6 is 11.6 Å². The molecule has 1 heterocycles. The van der Waals surface area contributed by atoms with E-state index in [1.54, 1.807) is 6.07 Å². The lowest BCUT2D eigenvalue weighted by atomic mass is 9.86. The van der Waals surface area contributed by atoms with E-state index in [-0.39, 0.29) is 12.0 Å². The third kappa shape index (κ3) is 1.30. The molecule has 0 aliphatic carbocycles. The summed E-state index contributed by atoms with van der Waals surface area (Å²) in [5.41, 5.74) is 0.711. The highest BCUT2D eigenvalue weighted by Crippen LogP contribution is 2.39. The van der Waals surface area contributed by atoms with Crippen LogP contribution in [0.1, 0.15) is 12.5 Å². The number of halogens is 1. The van der Waals surface area contributed by atoms with Crippen LogP contribution in [0.3, 0.4) is 0 Å². The van der Waals surface area contributed by atoms with Crippen molar-refractivity contribution in [3.63, 3.8) is 0 Å². The molecular formula is C10H11ClO2. The van der Waals surface area contributed by atoms with Crippen LogP contribution in [0.25, 0.3) is 0 Å². The van der Waals surface area contributed by atoms with Crippen LogP contribution in [0.2, 0.25) is 5.02 Å². The van der Waals surface area contributed by atoms with Gasteiger partial charge in [-0.25, -0.2) is 0 Å². The molecule has 0 saturated carbocycles. The van der Waals surface area contributed by atoms with Crippen LogP contribution in [0, 0.1) is 0 Å². The molecular weight excluding hydrogens is 188 g/mol. The largest absolute Gasteiger partial charge is 0.492 e. The van der Waals surface area contributed by atoms with E-state index < -0.39 is 0 Å². The maximum absolute atomic E-state index is 9.24. The molecule has 0 saturated heterocycles. The van der Waals surface area contributed by atoms with Gasteiger partial charge in [-0.1, -0.05) is 11.6 Å². The molecule has 0 aromatic heterocycles. The fourth-order valence-corrected chi connectivity index (χ4v) is 1.72. The fraction of sp³-hybridized carbons (Fsp3) is 0.400. The monoisotopic (exact) mass is 198 g/mol. The topological polar surface area (TPSA) is 29.5 Å². The third-order valence-electron chi connectivity index (χ3n) is 2.49. The number of benzene rings is 1. The van der Waals surface area contributed by atoms with Crippen molar-refractivity contribution in [2.75, 3.05) is 13.2 Å². The van der Waals surface area contributed by atoms with Crippen molar-refractivity contribution in [2.24, 2.45) is 0 Å². The minimum absolute atomic E-state index is 0.0837. The highest BCUT2D eigenvalue weighted by atomic mass is 35.5. The molecule has 1 aliphatic rings. The van der Waals surface area contributed by atoms with Gasteiger partial charge in [0.1, 0.15) is 5.75 Å². The molecule has 1 aromatic rings. The summed E-state index contributed by atoms with van der Waals surface area (Å²) < 4.78 is 5.44. The number of fused-ring (bicyclic) bond motifs is 1. The normalized spacial score (nSPS) is 25.5. The molecule has 0 spiro atoms. The Kier molecular flexibility index (Phi) is 1.97. The molecule has 1 unspecified atom stereocenters. The van der Waals surface area contributed by atoms with Crippen molar-refractivity contribution in [1.29, 1.82) is 0 Å². The van der Waals surface area contributed by atoms with E-state index in [0.29, 0.717) is 11.6 Å². The van der Waals surface area contributed by atoms with Crippen LogP contribution < -0.4 is 4.74 Å². The van der Waals surface area contributed by atoms with Gasteiger partial charge in [0, 0.05) is 10.6 Å². The lowest BCUT2D eigenvalue weighted by molar-refractivity contribution is 0.171. The molecule has 0 amide bonds. The highest BCUT2D eigenvalue weighted by molar-refractivity contribution is 6.30. The number of hydrogen-bond donors (Lipinski definition) is 1. The number of hydrogen-bond acceptors (Lipinski definition) is 2. The molecule has 2 nitrogen and oxygen atoms in total. The van der Waals surface area contributed by atoms with Crippen molar-refractivity contribution in [1.82, 2.24) is 0 Å². The van der Waals surface area contributed by atoms with Gasteiger partial charge in [-0.2, -0.15) is 0 Å². The lowest BCUT2D eigenvalue weighted by Gasteiger charge is -2.18. The van der Waals surface area contributed by atoms with E-state index >= 15 is 0 Å². The zero-order chi connectivity index (χ0) is 9.47. The summed E-state index contributed by atoms with van der Waals surface area (Å²) in [6, 6.07) is 5.50. The molecule has 13 heavy (non-hydrogen) atoms. The zero-order valence-corrected chi connectivity index (χ0v) is 8.14. The molecule has 0 bridgehead atoms. The van der Waals surface area contributed by atoms with Gasteiger partial charge in [0.25, 0.3) is 0 Å². The highest BCUT2D eigenvalue weighted by Gasteiger charge is 2.35. The zero-order valence-electron chi connectivity index (χ0n) is 7.38. The Balaban J connectivity index is 2.52. The molecule has 1 atom stereocenters. The Hall–Kier alpha value is -0.730. The fourth-order valence-electron chi connectivity index (χ4n) is 1.55. The second-order valence-electron chi connectivity index (χ2n) is 3.65. The number of aliphatic hydroxyl groups excluding tert-OH is 1. The summed E-state index contributed by atoms with van der Waals surface area (Å²) in [4.78, 5) is 0. The summed E-state index contributed by atoms with van der Waals surface area (Å²) >= 11 is 5.87. The van der Waals surface area contributed by atoms with Crippen LogP contribution in [0.15, 0.2) is 18.2 Å². The lowest BCUT2D eigenvalue weighted by Crippen LogP contribution is -2.28. The summed E-state index contributed by atoms with van der Waals surface area (Å²) in [6.45, 7) is 2.58. The number of rotatable bonds is 1. The molecule has 0 fully saturated rings. The predicted octanol–water partition coefficient (Wildman–Crippen LogP) is 1.98. The van der Waals surface area contributed by atoms with Crippen LogP contribution in [-0.2, 0) is 5.41 Å². The Labute approximate surface area is 82.1 Å². The average molecular weight is 199 g/mol. The first kappa shape index (κ1) is 8.85. The van der Waals surface area contributed by atoms with E-state index in [1.165, 1.54) is 0 Å². The van der Waals surface area contributed by atoms with E-state index in [2.05, 4.69) is 0 Å². The van der Waals surface area contributed by atoms with Gasteiger partial charge in [0.05, 0.1) is 18.6 Å². The van der Waals surface area contributed by atoms with Crippen LogP contribution in [0.5, 0.6) is 5.75 Å². The van der Waals surface area contributed by atoms with Crippen LogP contribution in [-0.4, -0.2) is 18.3 Å². The van der Waals surface area contributed by atoms with E-state index in [1.807, 2.05) is 19.1 Å². The minimum atomic E-state index is -0.291. The quantitative estimate of drug-likeness (QED) is 0.748. The van der Waals surface area contributed by atoms with Crippen molar-refractivity contribution in [2.45, 2.75) is 12.3 Å². The molecule has 3 heteroatoms. The van der Waals surface area contributed by atoms with Crippen molar-refractivity contribution >= 4 is 11.6 Å². The molecule has 1 aliphatic heterocycles. The first-order chi connectivity index (χ1) is 6.15. The summed E-state index contributed by atoms with van der Waals surface area (Å²) in [6.07, 6.45) is 0. The van der Waals surface area contributed by atoms with Crippen molar-refractivity contribution in [3.05, 3.63) is 28.8 Å². The second kappa shape index (κ2) is 2.89. The van der Waals surface area contributed by atoms with Gasteiger partial charge in [0.2, 0.25) is 0 Å². The Bertz CT molecular complexity index is 338. The van der Waals surface area contributed by atoms with Crippen LogP contribution in [0.4, 0.5) is 0 Å². The molecule has 1 aromatic carbocycles. The summed E-state index contributed by atoms with van der Waals surface area (Å²) in [5.74, 6) is 0.834. The first-order valence-electron chi connectivity index (χ1n) is 4.19. The van der Waals surface area contributed by atoms with Crippen molar-refractivity contribution < 1.29 is 9.84 Å². The minimum Gasteiger partial charge on any atom is -0.492 e. The summed E-state index contributed by atoms with van der Waals surface area (Å²) in [5, 5.41) is 9.92. The maximum atomic E-state index is 9.24. The number of ether oxygens (including phenoxy) is 1. The first-order valence-corrected chi connectivity index (χ1v) is 4.57. The smallest absolute Gasteiger partial charge is 0.123 e. The molecule has 0 radical (unpaired) electrons. The predicted molar refractivity (Wildman–Crippen MR) is 51.4 cm³/mol. The van der Waals surface area contributed by atoms with Crippen molar-refractivity contribution in [3.8, 4) is 5.75 Å². The van der Waals surface area contributed by atoms with Gasteiger partial charge in [-0.05, 0) is 25.1 Å². The SMILES string of the molecule is CC1(CO)COc2ccc(Cl)cc21. The van der Waals surface area contributed by atoms with Gasteiger partial charge >= 0.3 is 0 Å². The molecule has 70 valence electrons. The second-order valence-corrected chi connectivity index (χ2v) is 4.08. The maximum Gasteiger partial charge on any atom is 0.123 e. The van der Waals surface area contributed by atoms with E-state index in [4.69, 9.17) is 16.3 Å². The van der Waals surface area contributed by atoms with E-state index in [9.17, 15) is 5.11 Å². The van der Waals surface area contributed by atoms with E-state index in [0.717, 1.165) is 11.3 Å². The van der Waals surface area contributed by atoms with Gasteiger partial charge < -0.3 is 9.84 Å². The Morgan fingerprint density at radius 2 is 2.38 bits per heavy atom. The standard InChI is InChI=1S/C10H11ClO2/c1-10(5-12)6-13-9-3-2-7(11)4-8(9)10/h2-4,12H,5-6H2,1H3. The third-order valence-corrected chi connectivity index (χ3v) is 2.72. The Morgan fingerprint density at radius 3 is 3.08 bits per heavy atom. The van der Waals surface area contributed by atoms with Gasteiger partial charge in [-0.3, -0.25) is 0 Å². The van der Waals surface area contributed by atoms with Gasteiger partial charge in [-0.15, -0.1) is 0 Å².